The topological polar surface area (TPSA) is 34.1 Å². The van der Waals surface area contributed by atoms with Crippen molar-refractivity contribution in [3.05, 3.63) is 29.8 Å². The van der Waals surface area contributed by atoms with Crippen LogP contribution in [0.3, 0.4) is 0 Å². The summed E-state index contributed by atoms with van der Waals surface area (Å²) < 4.78 is 21.6. The van der Waals surface area contributed by atoms with Gasteiger partial charge in [-0.3, -0.25) is 0 Å². The predicted molar refractivity (Wildman–Crippen MR) is 54.5 cm³/mol. The summed E-state index contributed by atoms with van der Waals surface area (Å²) in [4.78, 5) is 0.242. The zero-order chi connectivity index (χ0) is 8.48. The monoisotopic (exact) mass is 228 g/mol. The molecule has 0 aliphatic rings. The Morgan fingerprint density at radius 1 is 1.17 bits per heavy atom. The van der Waals surface area contributed by atoms with Gasteiger partial charge < -0.3 is 0 Å². The number of hydrogen-bond acceptors (Lipinski definition) is 2. The van der Waals surface area contributed by atoms with Gasteiger partial charge in [0.05, 0.1) is 4.90 Å². The van der Waals surface area contributed by atoms with Gasteiger partial charge >= 0.3 is 51.4 Å². The molecule has 0 saturated heterocycles. The molecule has 0 aromatic heterocycles. The van der Waals surface area contributed by atoms with E-state index >= 15 is 0 Å². The molecule has 1 rings (SSSR count). The molecule has 0 saturated carbocycles. The summed E-state index contributed by atoms with van der Waals surface area (Å²) in [5.74, 6) is 0. The zero-order valence-electron chi connectivity index (χ0n) is 5.98. The minimum absolute atomic E-state index is 0. The molecule has 0 heterocycles. The molecule has 0 N–H and O–H groups in total. The zero-order valence-corrected chi connectivity index (χ0v) is 7.69. The van der Waals surface area contributed by atoms with Crippen molar-refractivity contribution in [2.24, 2.45) is 0 Å². The van der Waals surface area contributed by atoms with E-state index in [4.69, 9.17) is 0 Å². The molecule has 12 heavy (non-hydrogen) atoms. The van der Waals surface area contributed by atoms with Crippen molar-refractivity contribution in [1.29, 1.82) is 0 Å². The van der Waals surface area contributed by atoms with Crippen LogP contribution in [0.2, 0.25) is 0 Å². The van der Waals surface area contributed by atoms with Crippen molar-refractivity contribution in [1.82, 2.24) is 0 Å². The molecule has 1 aromatic carbocycles. The minimum atomic E-state index is -3.33. The van der Waals surface area contributed by atoms with E-state index in [0.29, 0.717) is 0 Å². The molecule has 0 amide bonds. The van der Waals surface area contributed by atoms with Gasteiger partial charge in [0.2, 0.25) is 8.87 Å². The molecular formula is C7H9KO2S2. The molecule has 1 aromatic rings. The average Bonchev–Trinajstić information content (AvgIpc) is 1.86. The SMILES string of the molecule is Cc1ccc(S(=O)(=O)S)cc1.[KH]. The first-order valence-electron chi connectivity index (χ1n) is 3.04. The van der Waals surface area contributed by atoms with Crippen molar-refractivity contribution >= 4 is 71.9 Å². The van der Waals surface area contributed by atoms with Crippen LogP contribution in [0.4, 0.5) is 0 Å². The molecule has 0 atom stereocenters. The Bertz CT molecular complexity index is 342. The van der Waals surface area contributed by atoms with Gasteiger partial charge in [0, 0.05) is 0 Å². The Balaban J connectivity index is 0.00000121. The van der Waals surface area contributed by atoms with Crippen LogP contribution in [-0.4, -0.2) is 59.8 Å². The molecule has 0 bridgehead atoms. The van der Waals surface area contributed by atoms with E-state index in [1.165, 1.54) is 12.1 Å². The normalized spacial score (nSPS) is 10.5. The van der Waals surface area contributed by atoms with E-state index in [-0.39, 0.29) is 56.3 Å². The first-order valence-corrected chi connectivity index (χ1v) is 5.58. The van der Waals surface area contributed by atoms with E-state index in [0.717, 1.165) is 5.56 Å². The fraction of sp³-hybridized carbons (Fsp3) is 0.143. The fourth-order valence-corrected chi connectivity index (χ4v) is 1.56. The maximum absolute atomic E-state index is 10.8. The van der Waals surface area contributed by atoms with Crippen LogP contribution >= 0.6 is 11.7 Å². The van der Waals surface area contributed by atoms with Crippen LogP contribution in [0.5, 0.6) is 0 Å². The summed E-state index contributed by atoms with van der Waals surface area (Å²) in [5, 5.41) is 0. The number of aryl methyl sites for hydroxylation is 1. The Labute approximate surface area is 120 Å². The molecule has 0 aliphatic carbocycles. The fourth-order valence-electron chi connectivity index (χ4n) is 0.710. The van der Waals surface area contributed by atoms with Gasteiger partial charge in [-0.25, -0.2) is 8.42 Å². The summed E-state index contributed by atoms with van der Waals surface area (Å²) in [6.45, 7) is 1.90. The van der Waals surface area contributed by atoms with Gasteiger partial charge in [-0.15, -0.1) is 0 Å². The Morgan fingerprint density at radius 2 is 1.58 bits per heavy atom. The molecule has 5 heteroatoms. The van der Waals surface area contributed by atoms with Crippen molar-refractivity contribution in [2.45, 2.75) is 11.8 Å². The number of hydrogen-bond donors (Lipinski definition) is 1. The van der Waals surface area contributed by atoms with Crippen LogP contribution < -0.4 is 0 Å². The first kappa shape index (κ1) is 13.2. The molecular weight excluding hydrogens is 219 g/mol. The molecule has 2 nitrogen and oxygen atoms in total. The van der Waals surface area contributed by atoms with E-state index in [2.05, 4.69) is 11.7 Å². The van der Waals surface area contributed by atoms with Gasteiger partial charge in [0.1, 0.15) is 0 Å². The van der Waals surface area contributed by atoms with Gasteiger partial charge in [0.25, 0.3) is 0 Å². The third-order valence-corrected chi connectivity index (χ3v) is 2.82. The van der Waals surface area contributed by atoms with Gasteiger partial charge in [-0.05, 0) is 30.7 Å². The van der Waals surface area contributed by atoms with Crippen LogP contribution in [0.25, 0.3) is 0 Å². The van der Waals surface area contributed by atoms with E-state index in [9.17, 15) is 8.42 Å². The molecule has 0 spiro atoms. The number of rotatable bonds is 1. The van der Waals surface area contributed by atoms with Crippen LogP contribution in [0, 0.1) is 6.92 Å². The predicted octanol–water partition coefficient (Wildman–Crippen LogP) is 0.965. The summed E-state index contributed by atoms with van der Waals surface area (Å²) in [7, 11) is -3.33. The molecule has 0 unspecified atom stereocenters. The first-order chi connectivity index (χ1) is 5.00. The van der Waals surface area contributed by atoms with Gasteiger partial charge in [0.15, 0.2) is 0 Å². The Kier molecular flexibility index (Phi) is 5.64. The average molecular weight is 228 g/mol. The molecule has 62 valence electrons. The number of benzene rings is 1. The standard InChI is InChI=1S/C7H8O2S2.K.H/c1-6-2-4-7(5-3-6)11(8,9)10;;/h2-5H,1H3,(H,8,9,10);;. The quantitative estimate of drug-likeness (QED) is 0.441. The Morgan fingerprint density at radius 3 is 1.92 bits per heavy atom. The molecule has 0 aliphatic heterocycles. The maximum atomic E-state index is 10.8. The number of thiol groups is 1. The van der Waals surface area contributed by atoms with E-state index < -0.39 is 8.87 Å². The van der Waals surface area contributed by atoms with Crippen LogP contribution in [-0.2, 0) is 8.87 Å². The third-order valence-electron chi connectivity index (χ3n) is 1.32. The summed E-state index contributed by atoms with van der Waals surface area (Å²) in [6, 6.07) is 6.56. The molecule has 0 radical (unpaired) electrons. The van der Waals surface area contributed by atoms with Crippen molar-refractivity contribution < 1.29 is 8.42 Å². The molecule has 0 fully saturated rings. The summed E-state index contributed by atoms with van der Waals surface area (Å²) in [5.41, 5.74) is 1.03. The van der Waals surface area contributed by atoms with Crippen LogP contribution in [0.15, 0.2) is 29.2 Å². The van der Waals surface area contributed by atoms with E-state index in [1.54, 1.807) is 12.1 Å². The third kappa shape index (κ3) is 3.91. The summed E-state index contributed by atoms with van der Waals surface area (Å²) in [6.07, 6.45) is 0. The summed E-state index contributed by atoms with van der Waals surface area (Å²) >= 11 is 3.45. The second-order valence-corrected chi connectivity index (χ2v) is 5.15. The Hall–Kier alpha value is 1.16. The van der Waals surface area contributed by atoms with E-state index in [1.807, 2.05) is 6.92 Å². The van der Waals surface area contributed by atoms with Gasteiger partial charge in [-0.2, -0.15) is 0 Å². The second-order valence-electron chi connectivity index (χ2n) is 2.29. The van der Waals surface area contributed by atoms with Crippen molar-refractivity contribution in [3.63, 3.8) is 0 Å². The van der Waals surface area contributed by atoms with Crippen molar-refractivity contribution in [3.8, 4) is 0 Å². The van der Waals surface area contributed by atoms with Gasteiger partial charge in [-0.1, -0.05) is 17.7 Å². The van der Waals surface area contributed by atoms with Crippen LogP contribution in [0.1, 0.15) is 5.56 Å². The second kappa shape index (κ2) is 5.14. The van der Waals surface area contributed by atoms with Crippen molar-refractivity contribution in [2.75, 3.05) is 0 Å².